The van der Waals surface area contributed by atoms with Gasteiger partial charge in [0, 0.05) is 6.21 Å². The zero-order valence-electron chi connectivity index (χ0n) is 22.2. The van der Waals surface area contributed by atoms with E-state index in [4.69, 9.17) is 14.5 Å². The van der Waals surface area contributed by atoms with Gasteiger partial charge in [-0.05, 0) is 156 Å². The van der Waals surface area contributed by atoms with Gasteiger partial charge < -0.3 is 9.47 Å². The van der Waals surface area contributed by atoms with Gasteiger partial charge in [-0.1, -0.05) is 0 Å². The van der Waals surface area contributed by atoms with Crippen molar-refractivity contribution in [3.63, 3.8) is 0 Å². The summed E-state index contributed by atoms with van der Waals surface area (Å²) in [4.78, 5) is 18.6. The number of esters is 1. The van der Waals surface area contributed by atoms with Crippen LogP contribution in [0.5, 0.6) is 11.5 Å². The monoisotopic (exact) mass is 489 g/mol. The molecule has 8 saturated carbocycles. The van der Waals surface area contributed by atoms with Crippen molar-refractivity contribution in [3.05, 3.63) is 23.8 Å². The molecule has 8 fully saturated rings. The molecule has 1 aromatic rings. The molecule has 0 amide bonds. The van der Waals surface area contributed by atoms with E-state index in [2.05, 4.69) is 6.92 Å². The summed E-state index contributed by atoms with van der Waals surface area (Å²) in [6.45, 7) is 4.88. The van der Waals surface area contributed by atoms with E-state index in [0.29, 0.717) is 29.6 Å². The summed E-state index contributed by atoms with van der Waals surface area (Å²) in [5.41, 5.74) is 1.19. The first kappa shape index (κ1) is 23.3. The summed E-state index contributed by atoms with van der Waals surface area (Å²) in [6, 6.07) is 6.35. The minimum atomic E-state index is -0.258. The van der Waals surface area contributed by atoms with Gasteiger partial charge in [0.05, 0.1) is 18.1 Å². The van der Waals surface area contributed by atoms with E-state index in [0.717, 1.165) is 60.3 Å². The van der Waals surface area contributed by atoms with Crippen LogP contribution in [0.3, 0.4) is 0 Å². The molecule has 4 nitrogen and oxygen atoms in total. The summed E-state index contributed by atoms with van der Waals surface area (Å²) in [7, 11) is 0. The van der Waals surface area contributed by atoms with Gasteiger partial charge in [0.2, 0.25) is 0 Å². The van der Waals surface area contributed by atoms with Crippen molar-refractivity contribution in [3.8, 4) is 11.5 Å². The molecule has 36 heavy (non-hydrogen) atoms. The van der Waals surface area contributed by atoms with Gasteiger partial charge in [0.1, 0.15) is 0 Å². The first-order chi connectivity index (χ1) is 17.4. The van der Waals surface area contributed by atoms with Gasteiger partial charge >= 0.3 is 5.97 Å². The van der Waals surface area contributed by atoms with Crippen molar-refractivity contribution in [2.75, 3.05) is 6.61 Å². The standard InChI is InChI=1S/C32H43NO3/c1-3-35-29-12-21(19-33-20(2)31-13-22-6-23(14-31)8-24(7-22)15-31)4-5-28(29)36-30(34)32-16-25-9-26(17-32)11-27(10-25)18-32/h4-5,12,19-20,22-27H,3,6-11,13-18H2,1-2H3. The third kappa shape index (κ3) is 3.93. The molecule has 1 aromatic carbocycles. The van der Waals surface area contributed by atoms with Gasteiger partial charge in [-0.25, -0.2) is 0 Å². The third-order valence-electron chi connectivity index (χ3n) is 11.4. The van der Waals surface area contributed by atoms with Crippen LogP contribution in [0, 0.1) is 46.3 Å². The fourth-order valence-corrected chi connectivity index (χ4v) is 10.6. The molecule has 0 N–H and O–H groups in total. The van der Waals surface area contributed by atoms with Crippen molar-refractivity contribution in [1.82, 2.24) is 0 Å². The maximum atomic E-state index is 13.5. The molecule has 1 unspecified atom stereocenters. The Morgan fingerprint density at radius 3 is 1.94 bits per heavy atom. The molecular weight excluding hydrogens is 446 g/mol. The molecule has 194 valence electrons. The second-order valence-corrected chi connectivity index (χ2v) is 14.0. The maximum absolute atomic E-state index is 13.5. The van der Waals surface area contributed by atoms with Crippen LogP contribution in [0.15, 0.2) is 23.2 Å². The van der Waals surface area contributed by atoms with Crippen molar-refractivity contribution in [2.24, 2.45) is 51.3 Å². The van der Waals surface area contributed by atoms with Crippen LogP contribution in [0.4, 0.5) is 0 Å². The molecule has 9 rings (SSSR count). The van der Waals surface area contributed by atoms with E-state index in [1.54, 1.807) is 0 Å². The van der Waals surface area contributed by atoms with Gasteiger partial charge in [-0.2, -0.15) is 0 Å². The summed E-state index contributed by atoms with van der Waals surface area (Å²) >= 11 is 0. The lowest BCUT2D eigenvalue weighted by Gasteiger charge is -2.58. The largest absolute Gasteiger partial charge is 0.490 e. The number of hydrogen-bond acceptors (Lipinski definition) is 4. The van der Waals surface area contributed by atoms with Crippen molar-refractivity contribution < 1.29 is 14.3 Å². The predicted molar refractivity (Wildman–Crippen MR) is 142 cm³/mol. The predicted octanol–water partition coefficient (Wildman–Crippen LogP) is 7.23. The van der Waals surface area contributed by atoms with Crippen LogP contribution < -0.4 is 9.47 Å². The highest BCUT2D eigenvalue weighted by Crippen LogP contribution is 2.62. The number of nitrogens with zero attached hydrogens (tertiary/aromatic N) is 1. The van der Waals surface area contributed by atoms with Crippen LogP contribution in [0.25, 0.3) is 0 Å². The summed E-state index contributed by atoms with van der Waals surface area (Å²) in [6.07, 6.45) is 17.6. The maximum Gasteiger partial charge on any atom is 0.317 e. The quantitative estimate of drug-likeness (QED) is 0.231. The Bertz CT molecular complexity index is 987. The Morgan fingerprint density at radius 1 is 0.889 bits per heavy atom. The number of hydrogen-bond donors (Lipinski definition) is 0. The molecule has 0 aliphatic heterocycles. The van der Waals surface area contributed by atoms with E-state index in [1.807, 2.05) is 31.3 Å². The minimum absolute atomic E-state index is 0.0144. The van der Waals surface area contributed by atoms with Crippen molar-refractivity contribution in [1.29, 1.82) is 0 Å². The van der Waals surface area contributed by atoms with Crippen molar-refractivity contribution >= 4 is 12.2 Å². The van der Waals surface area contributed by atoms with E-state index in [-0.39, 0.29) is 11.4 Å². The number of aliphatic imine (C=N–C) groups is 1. The summed E-state index contributed by atoms with van der Waals surface area (Å²) in [5.74, 6) is 6.24. The van der Waals surface area contributed by atoms with Gasteiger partial charge in [0.15, 0.2) is 11.5 Å². The van der Waals surface area contributed by atoms with Gasteiger partial charge in [-0.15, -0.1) is 0 Å². The Balaban J connectivity index is 1.07. The van der Waals surface area contributed by atoms with Gasteiger partial charge in [-0.3, -0.25) is 9.79 Å². The molecule has 0 radical (unpaired) electrons. The van der Waals surface area contributed by atoms with E-state index in [9.17, 15) is 4.79 Å². The molecule has 0 saturated heterocycles. The smallest absolute Gasteiger partial charge is 0.317 e. The molecule has 0 heterocycles. The summed E-state index contributed by atoms with van der Waals surface area (Å²) in [5, 5.41) is 0. The highest BCUT2D eigenvalue weighted by molar-refractivity contribution is 5.83. The number of carbonyl (C=O) groups excluding carboxylic acids is 1. The normalized spacial score (nSPS) is 42.7. The van der Waals surface area contributed by atoms with E-state index >= 15 is 0 Å². The lowest BCUT2D eigenvalue weighted by Crippen LogP contribution is -2.51. The van der Waals surface area contributed by atoms with Crippen LogP contribution in [-0.2, 0) is 4.79 Å². The molecule has 0 aromatic heterocycles. The molecule has 4 heteroatoms. The SMILES string of the molecule is CCOc1cc(C=NC(C)C23CC4CC(CC(C4)C2)C3)ccc1OC(=O)C12CC3CC(CC(C3)C1)C2. The average Bonchev–Trinajstić information content (AvgIpc) is 2.82. The number of carbonyl (C=O) groups is 1. The lowest BCUT2D eigenvalue weighted by molar-refractivity contribution is -0.161. The molecule has 8 bridgehead atoms. The topological polar surface area (TPSA) is 47.9 Å². The van der Waals surface area contributed by atoms with Crippen LogP contribution in [-0.4, -0.2) is 24.8 Å². The fraction of sp³-hybridized carbons (Fsp3) is 0.750. The van der Waals surface area contributed by atoms with Crippen LogP contribution in [0.1, 0.15) is 96.5 Å². The number of ether oxygens (including phenoxy) is 2. The fourth-order valence-electron chi connectivity index (χ4n) is 10.6. The van der Waals surface area contributed by atoms with Crippen LogP contribution >= 0.6 is 0 Å². The van der Waals surface area contributed by atoms with Crippen molar-refractivity contribution in [2.45, 2.75) is 96.9 Å². The van der Waals surface area contributed by atoms with E-state index < -0.39 is 0 Å². The zero-order valence-corrected chi connectivity index (χ0v) is 22.2. The Morgan fingerprint density at radius 2 is 1.42 bits per heavy atom. The molecular formula is C32H43NO3. The number of benzene rings is 1. The second-order valence-electron chi connectivity index (χ2n) is 14.0. The lowest BCUT2D eigenvalue weighted by atomic mass is 9.48. The van der Waals surface area contributed by atoms with Gasteiger partial charge in [0.25, 0.3) is 0 Å². The average molecular weight is 490 g/mol. The highest BCUT2D eigenvalue weighted by Gasteiger charge is 2.56. The molecule has 0 spiro atoms. The summed E-state index contributed by atoms with van der Waals surface area (Å²) < 4.78 is 12.1. The Hall–Kier alpha value is -1.84. The molecule has 1 atom stereocenters. The Labute approximate surface area is 216 Å². The first-order valence-electron chi connectivity index (χ1n) is 14.9. The first-order valence-corrected chi connectivity index (χ1v) is 14.9. The van der Waals surface area contributed by atoms with Crippen LogP contribution in [0.2, 0.25) is 0 Å². The number of rotatable bonds is 7. The highest BCUT2D eigenvalue weighted by atomic mass is 16.6. The zero-order chi connectivity index (χ0) is 24.5. The molecule has 8 aliphatic carbocycles. The molecule has 8 aliphatic rings. The van der Waals surface area contributed by atoms with E-state index in [1.165, 1.54) is 57.8 Å². The Kier molecular flexibility index (Phi) is 5.56. The third-order valence-corrected chi connectivity index (χ3v) is 11.4. The second kappa shape index (κ2) is 8.60. The minimum Gasteiger partial charge on any atom is -0.490 e.